The molecule has 1 aromatic carbocycles. The monoisotopic (exact) mass is 400 g/mol. The van der Waals surface area contributed by atoms with E-state index in [9.17, 15) is 18.0 Å². The molecule has 2 nitrogen and oxygen atoms in total. The average molecular weight is 400 g/mol. The van der Waals surface area contributed by atoms with Crippen LogP contribution in [0.1, 0.15) is 36.0 Å². The highest BCUT2D eigenvalue weighted by Crippen LogP contribution is 2.27. The predicted molar refractivity (Wildman–Crippen MR) is 79.1 cm³/mol. The van der Waals surface area contributed by atoms with Gasteiger partial charge >= 0.3 is 12.1 Å². The summed E-state index contributed by atoms with van der Waals surface area (Å²) in [4.78, 5) is 11.6. The number of hydrogen-bond acceptors (Lipinski definition) is 2. The molecule has 0 radical (unpaired) electrons. The van der Waals surface area contributed by atoms with Crippen molar-refractivity contribution in [2.24, 2.45) is 0 Å². The molecule has 0 fully saturated rings. The van der Waals surface area contributed by atoms with E-state index in [0.29, 0.717) is 24.8 Å². The van der Waals surface area contributed by atoms with Crippen molar-refractivity contribution < 1.29 is 22.7 Å². The second kappa shape index (κ2) is 8.49. The molecule has 0 aliphatic rings. The molecule has 1 atom stereocenters. The Morgan fingerprint density at radius 1 is 1.20 bits per heavy atom. The minimum absolute atomic E-state index is 0.239. The van der Waals surface area contributed by atoms with Gasteiger partial charge in [-0.15, -0.1) is 0 Å². The van der Waals surface area contributed by atoms with Crippen molar-refractivity contribution in [1.29, 1.82) is 0 Å². The van der Waals surface area contributed by atoms with Gasteiger partial charge in [-0.2, -0.15) is 13.2 Å². The van der Waals surface area contributed by atoms with Crippen LogP contribution in [0.5, 0.6) is 0 Å². The zero-order valence-electron chi connectivity index (χ0n) is 10.8. The van der Waals surface area contributed by atoms with Crippen molar-refractivity contribution in [3.8, 4) is 0 Å². The van der Waals surface area contributed by atoms with Gasteiger partial charge in [0.25, 0.3) is 0 Å². The number of rotatable bonds is 7. The first kappa shape index (κ1) is 17.3. The summed E-state index contributed by atoms with van der Waals surface area (Å²) in [6, 6.07) is 8.61. The van der Waals surface area contributed by atoms with Gasteiger partial charge in [0.1, 0.15) is 0 Å². The summed E-state index contributed by atoms with van der Waals surface area (Å²) >= 11 is 1.81. The fraction of sp³-hybridized carbons (Fsp3) is 0.500. The fourth-order valence-corrected chi connectivity index (χ4v) is 2.58. The summed E-state index contributed by atoms with van der Waals surface area (Å²) in [5, 5.41) is 0. The summed E-state index contributed by atoms with van der Waals surface area (Å²) in [6.45, 7) is 0.239. The SMILES string of the molecule is O=C(OCCCCC(I)CC(F)(F)F)c1ccccc1. The van der Waals surface area contributed by atoms with Crippen LogP contribution < -0.4 is 0 Å². The van der Waals surface area contributed by atoms with Crippen molar-refractivity contribution in [3.05, 3.63) is 35.9 Å². The third-order valence-corrected chi connectivity index (χ3v) is 3.67. The Morgan fingerprint density at radius 3 is 2.45 bits per heavy atom. The molecule has 0 saturated heterocycles. The van der Waals surface area contributed by atoms with Gasteiger partial charge < -0.3 is 4.74 Å². The molecule has 0 amide bonds. The normalized spacial score (nSPS) is 13.0. The minimum atomic E-state index is -4.11. The maximum Gasteiger partial charge on any atom is 0.390 e. The number of carbonyl (C=O) groups excluding carboxylic acids is 1. The van der Waals surface area contributed by atoms with Crippen molar-refractivity contribution in [3.63, 3.8) is 0 Å². The molecule has 0 aromatic heterocycles. The van der Waals surface area contributed by atoms with Crippen molar-refractivity contribution in [1.82, 2.24) is 0 Å². The fourth-order valence-electron chi connectivity index (χ4n) is 1.64. The van der Waals surface area contributed by atoms with E-state index in [0.717, 1.165) is 0 Å². The van der Waals surface area contributed by atoms with Gasteiger partial charge in [-0.3, -0.25) is 0 Å². The first-order chi connectivity index (χ1) is 9.38. The van der Waals surface area contributed by atoms with E-state index in [-0.39, 0.29) is 6.61 Å². The Labute approximate surface area is 129 Å². The lowest BCUT2D eigenvalue weighted by Gasteiger charge is -2.12. The molecule has 0 spiro atoms. The Kier molecular flexibility index (Phi) is 7.32. The lowest BCUT2D eigenvalue weighted by molar-refractivity contribution is -0.133. The highest BCUT2D eigenvalue weighted by Gasteiger charge is 2.30. The molecule has 1 rings (SSSR count). The van der Waals surface area contributed by atoms with E-state index >= 15 is 0 Å². The number of esters is 1. The van der Waals surface area contributed by atoms with Crippen LogP contribution in [0.3, 0.4) is 0 Å². The number of benzene rings is 1. The summed E-state index contributed by atoms with van der Waals surface area (Å²) in [5.74, 6) is -0.396. The van der Waals surface area contributed by atoms with Crippen LogP contribution in [0.15, 0.2) is 30.3 Å². The lowest BCUT2D eigenvalue weighted by Crippen LogP contribution is -2.15. The molecule has 0 N–H and O–H groups in total. The average Bonchev–Trinajstić information content (AvgIpc) is 2.37. The van der Waals surface area contributed by atoms with E-state index < -0.39 is 22.5 Å². The third-order valence-electron chi connectivity index (χ3n) is 2.61. The van der Waals surface area contributed by atoms with E-state index in [1.807, 2.05) is 22.6 Å². The Hall–Kier alpha value is -0.790. The smallest absolute Gasteiger partial charge is 0.390 e. The van der Waals surface area contributed by atoms with Crippen LogP contribution >= 0.6 is 22.6 Å². The van der Waals surface area contributed by atoms with Crippen LogP contribution in [-0.4, -0.2) is 22.7 Å². The second-order valence-electron chi connectivity index (χ2n) is 4.41. The Morgan fingerprint density at radius 2 is 1.85 bits per heavy atom. The molecule has 0 saturated carbocycles. The number of unbranched alkanes of at least 4 members (excludes halogenated alkanes) is 1. The third kappa shape index (κ3) is 7.72. The van der Waals surface area contributed by atoms with Gasteiger partial charge in [-0.1, -0.05) is 40.8 Å². The van der Waals surface area contributed by atoms with Gasteiger partial charge in [0.15, 0.2) is 0 Å². The molecular weight excluding hydrogens is 384 g/mol. The van der Waals surface area contributed by atoms with Crippen molar-refractivity contribution >= 4 is 28.6 Å². The Balaban J connectivity index is 2.12. The first-order valence-corrected chi connectivity index (χ1v) is 7.56. The predicted octanol–water partition coefficient (Wildman–Crippen LogP) is 4.77. The molecule has 0 bridgehead atoms. The maximum atomic E-state index is 12.1. The second-order valence-corrected chi connectivity index (χ2v) is 6.18. The summed E-state index contributed by atoms with van der Waals surface area (Å²) in [5.41, 5.74) is 0.483. The molecular formula is C14H16F3IO2. The number of halogens is 4. The molecule has 20 heavy (non-hydrogen) atoms. The quantitative estimate of drug-likeness (QED) is 0.285. The summed E-state index contributed by atoms with van der Waals surface area (Å²) in [6.07, 6.45) is -3.20. The van der Waals surface area contributed by atoms with Crippen LogP contribution in [0.2, 0.25) is 0 Å². The number of ether oxygens (including phenoxy) is 1. The van der Waals surface area contributed by atoms with Crippen LogP contribution in [0, 0.1) is 0 Å². The maximum absolute atomic E-state index is 12.1. The number of hydrogen-bond donors (Lipinski definition) is 0. The largest absolute Gasteiger partial charge is 0.462 e. The molecule has 6 heteroatoms. The zero-order chi connectivity index (χ0) is 15.0. The lowest BCUT2D eigenvalue weighted by atomic mass is 10.1. The number of alkyl halides is 4. The highest BCUT2D eigenvalue weighted by atomic mass is 127. The molecule has 0 heterocycles. The standard InChI is InChI=1S/C14H16F3IO2/c15-14(16,17)10-12(18)8-4-5-9-20-13(19)11-6-2-1-3-7-11/h1-3,6-7,12H,4-5,8-10H2. The molecule has 112 valence electrons. The molecule has 1 unspecified atom stereocenters. The Bertz CT molecular complexity index is 407. The van der Waals surface area contributed by atoms with Crippen LogP contribution in [0.25, 0.3) is 0 Å². The van der Waals surface area contributed by atoms with Gasteiger partial charge in [-0.25, -0.2) is 4.79 Å². The zero-order valence-corrected chi connectivity index (χ0v) is 13.0. The number of carbonyl (C=O) groups is 1. The van der Waals surface area contributed by atoms with E-state index in [1.54, 1.807) is 30.3 Å². The topological polar surface area (TPSA) is 26.3 Å². The first-order valence-electron chi connectivity index (χ1n) is 6.31. The van der Waals surface area contributed by atoms with Gasteiger partial charge in [0.05, 0.1) is 18.6 Å². The van der Waals surface area contributed by atoms with Gasteiger partial charge in [0, 0.05) is 3.92 Å². The van der Waals surface area contributed by atoms with Crippen LogP contribution in [-0.2, 0) is 4.74 Å². The van der Waals surface area contributed by atoms with E-state index in [4.69, 9.17) is 4.74 Å². The molecule has 1 aromatic rings. The van der Waals surface area contributed by atoms with Gasteiger partial charge in [-0.05, 0) is 31.4 Å². The minimum Gasteiger partial charge on any atom is -0.462 e. The highest BCUT2D eigenvalue weighted by molar-refractivity contribution is 14.1. The molecule has 0 aliphatic carbocycles. The van der Waals surface area contributed by atoms with Crippen molar-refractivity contribution in [2.75, 3.05) is 6.61 Å². The van der Waals surface area contributed by atoms with E-state index in [2.05, 4.69) is 0 Å². The summed E-state index contributed by atoms with van der Waals surface area (Å²) in [7, 11) is 0. The van der Waals surface area contributed by atoms with E-state index in [1.165, 1.54) is 0 Å². The molecule has 0 aliphatic heterocycles. The summed E-state index contributed by atoms with van der Waals surface area (Å²) < 4.78 is 40.9. The van der Waals surface area contributed by atoms with Crippen LogP contribution in [0.4, 0.5) is 13.2 Å². The van der Waals surface area contributed by atoms with Gasteiger partial charge in [0.2, 0.25) is 0 Å². The van der Waals surface area contributed by atoms with Crippen molar-refractivity contribution in [2.45, 2.75) is 35.8 Å².